The number of carbonyl (C=O) groups is 1. The maximum Gasteiger partial charge on any atom is 0.424 e. The highest BCUT2D eigenvalue weighted by molar-refractivity contribution is 6.03. The highest BCUT2D eigenvalue weighted by Crippen LogP contribution is 2.37. The average Bonchev–Trinajstić information content (AvgIpc) is 3.09. The van der Waals surface area contributed by atoms with Crippen LogP contribution in [0.25, 0.3) is 5.82 Å². The molecule has 0 aromatic carbocycles. The lowest BCUT2D eigenvalue weighted by atomic mass is 10.1. The second kappa shape index (κ2) is 4.84. The van der Waals surface area contributed by atoms with Gasteiger partial charge in [-0.3, -0.25) is 19.8 Å². The number of nitrogens with two attached hydrogens (primary N) is 1. The van der Waals surface area contributed by atoms with Gasteiger partial charge in [-0.25, -0.2) is 0 Å². The molecular formula is C12H10F3N5O3. The van der Waals surface area contributed by atoms with Crippen LogP contribution in [0.15, 0.2) is 24.5 Å². The molecule has 0 aliphatic carbocycles. The van der Waals surface area contributed by atoms with Gasteiger partial charge in [0, 0.05) is 6.20 Å². The molecule has 11 heteroatoms. The Kier molecular flexibility index (Phi) is 3.18. The second-order valence-corrected chi connectivity index (χ2v) is 5.00. The van der Waals surface area contributed by atoms with Crippen LogP contribution in [-0.2, 0) is 11.0 Å². The summed E-state index contributed by atoms with van der Waals surface area (Å²) in [4.78, 5) is 25.3. The molecule has 3 heterocycles. The number of β-lactam (4-membered cyclic amide) rings is 1. The first kappa shape index (κ1) is 15.1. The Morgan fingerprint density at radius 2 is 1.96 bits per heavy atom. The number of anilines is 1. The standard InChI is InChI=1S/C12H10F3N5O3/c13-12(14,15)6-3-18(5-8(6)20(22)23)9-1-2-10(17-9)19-4-7(16)11(19)21/h1-3,5,7,17H,4,16H2/t7-/m0/s1. The zero-order valence-electron chi connectivity index (χ0n) is 11.4. The molecule has 122 valence electrons. The number of halogens is 3. The summed E-state index contributed by atoms with van der Waals surface area (Å²) in [5.41, 5.74) is 3.07. The molecule has 1 atom stereocenters. The van der Waals surface area contributed by atoms with E-state index in [-0.39, 0.29) is 11.7 Å². The summed E-state index contributed by atoms with van der Waals surface area (Å²) >= 11 is 0. The molecule has 2 aromatic rings. The smallest absolute Gasteiger partial charge is 0.327 e. The summed E-state index contributed by atoms with van der Waals surface area (Å²) in [7, 11) is 0. The van der Waals surface area contributed by atoms with Crippen LogP contribution in [0.2, 0.25) is 0 Å². The highest BCUT2D eigenvalue weighted by atomic mass is 19.4. The number of nitro groups is 1. The van der Waals surface area contributed by atoms with Gasteiger partial charge in [0.1, 0.15) is 17.7 Å². The van der Waals surface area contributed by atoms with Gasteiger partial charge in [-0.1, -0.05) is 0 Å². The fraction of sp³-hybridized carbons (Fsp3) is 0.250. The van der Waals surface area contributed by atoms with E-state index in [1.807, 2.05) is 0 Å². The number of aromatic amines is 1. The van der Waals surface area contributed by atoms with Crippen LogP contribution in [-0.4, -0.2) is 33.0 Å². The van der Waals surface area contributed by atoms with Gasteiger partial charge >= 0.3 is 6.18 Å². The van der Waals surface area contributed by atoms with Crippen molar-refractivity contribution >= 4 is 17.4 Å². The summed E-state index contributed by atoms with van der Waals surface area (Å²) in [5, 5.41) is 10.8. The molecule has 8 nitrogen and oxygen atoms in total. The number of nitrogens with zero attached hydrogens (tertiary/aromatic N) is 3. The molecule has 3 rings (SSSR count). The predicted octanol–water partition coefficient (Wildman–Crippen LogP) is 1.41. The van der Waals surface area contributed by atoms with Crippen molar-refractivity contribution < 1.29 is 22.9 Å². The first-order valence-electron chi connectivity index (χ1n) is 6.38. The molecule has 23 heavy (non-hydrogen) atoms. The summed E-state index contributed by atoms with van der Waals surface area (Å²) in [5.74, 6) is 0.205. The van der Waals surface area contributed by atoms with Crippen molar-refractivity contribution in [3.63, 3.8) is 0 Å². The molecule has 1 saturated heterocycles. The van der Waals surface area contributed by atoms with E-state index in [9.17, 15) is 28.1 Å². The minimum atomic E-state index is -4.84. The number of hydrogen-bond donors (Lipinski definition) is 2. The summed E-state index contributed by atoms with van der Waals surface area (Å²) in [6.07, 6.45) is -3.46. The molecule has 2 aromatic heterocycles. The zero-order chi connectivity index (χ0) is 16.9. The maximum absolute atomic E-state index is 12.8. The Labute approximate surface area is 126 Å². The lowest BCUT2D eigenvalue weighted by Gasteiger charge is -2.34. The van der Waals surface area contributed by atoms with Gasteiger partial charge in [0.15, 0.2) is 5.56 Å². The van der Waals surface area contributed by atoms with Crippen molar-refractivity contribution in [3.8, 4) is 5.82 Å². The molecule has 1 aliphatic heterocycles. The van der Waals surface area contributed by atoms with Crippen LogP contribution in [0.3, 0.4) is 0 Å². The molecule has 0 radical (unpaired) electrons. The van der Waals surface area contributed by atoms with Gasteiger partial charge in [-0.05, 0) is 12.1 Å². The van der Waals surface area contributed by atoms with Gasteiger partial charge in [0.25, 0.3) is 5.69 Å². The lowest BCUT2D eigenvalue weighted by molar-refractivity contribution is -0.387. The average molecular weight is 329 g/mol. The normalized spacial score (nSPS) is 18.2. The minimum Gasteiger partial charge on any atom is -0.327 e. The SMILES string of the molecule is N[C@H]1CN(c2ccc(-n3cc([N+](=O)[O-])c(C(F)(F)F)c3)[nH]2)C1=O. The highest BCUT2D eigenvalue weighted by Gasteiger charge is 2.40. The van der Waals surface area contributed by atoms with Crippen molar-refractivity contribution in [2.75, 3.05) is 11.4 Å². The van der Waals surface area contributed by atoms with Crippen LogP contribution >= 0.6 is 0 Å². The van der Waals surface area contributed by atoms with Gasteiger partial charge in [-0.15, -0.1) is 0 Å². The number of aromatic nitrogens is 2. The Balaban J connectivity index is 1.95. The van der Waals surface area contributed by atoms with E-state index in [4.69, 9.17) is 5.73 Å². The molecule has 0 bridgehead atoms. The molecule has 1 amide bonds. The van der Waals surface area contributed by atoms with Crippen molar-refractivity contribution in [2.24, 2.45) is 5.73 Å². The summed E-state index contributed by atoms with van der Waals surface area (Å²) in [6.45, 7) is 0.290. The Morgan fingerprint density at radius 1 is 1.30 bits per heavy atom. The largest absolute Gasteiger partial charge is 0.424 e. The number of amides is 1. The third kappa shape index (κ3) is 2.44. The van der Waals surface area contributed by atoms with Crippen LogP contribution in [0.4, 0.5) is 24.7 Å². The number of carbonyl (C=O) groups excluding carboxylic acids is 1. The van der Waals surface area contributed by atoms with Crippen molar-refractivity contribution in [1.29, 1.82) is 0 Å². The predicted molar refractivity (Wildman–Crippen MR) is 72.1 cm³/mol. The molecular weight excluding hydrogens is 319 g/mol. The van der Waals surface area contributed by atoms with Crippen molar-refractivity contribution in [3.05, 3.63) is 40.2 Å². The van der Waals surface area contributed by atoms with E-state index in [1.54, 1.807) is 0 Å². The molecule has 1 aliphatic rings. The first-order chi connectivity index (χ1) is 10.7. The molecule has 0 saturated carbocycles. The van der Waals surface area contributed by atoms with Gasteiger partial charge in [-0.2, -0.15) is 13.2 Å². The minimum absolute atomic E-state index is 0.159. The Hall–Kier alpha value is -2.82. The number of rotatable bonds is 3. The number of alkyl halides is 3. The maximum atomic E-state index is 12.8. The van der Waals surface area contributed by atoms with E-state index in [2.05, 4.69) is 4.98 Å². The fourth-order valence-corrected chi connectivity index (χ4v) is 2.30. The van der Waals surface area contributed by atoms with Crippen LogP contribution < -0.4 is 10.6 Å². The van der Waals surface area contributed by atoms with Gasteiger partial charge < -0.3 is 15.3 Å². The number of nitrogens with one attached hydrogen (secondary N) is 1. The quantitative estimate of drug-likeness (QED) is 0.504. The van der Waals surface area contributed by atoms with Crippen molar-refractivity contribution in [1.82, 2.24) is 9.55 Å². The third-order valence-corrected chi connectivity index (χ3v) is 3.49. The second-order valence-electron chi connectivity index (χ2n) is 5.00. The molecule has 0 spiro atoms. The lowest BCUT2D eigenvalue weighted by Crippen LogP contribution is -2.61. The van der Waals surface area contributed by atoms with Gasteiger partial charge in [0.05, 0.1) is 17.7 Å². The molecule has 3 N–H and O–H groups in total. The zero-order valence-corrected chi connectivity index (χ0v) is 11.4. The van der Waals surface area contributed by atoms with E-state index in [0.717, 1.165) is 10.8 Å². The summed E-state index contributed by atoms with van der Waals surface area (Å²) < 4.78 is 39.5. The summed E-state index contributed by atoms with van der Waals surface area (Å²) in [6, 6.07) is 2.31. The Bertz CT molecular complexity index is 794. The number of hydrogen-bond acceptors (Lipinski definition) is 4. The van der Waals surface area contributed by atoms with Crippen LogP contribution in [0.1, 0.15) is 5.56 Å². The number of H-pyrrole nitrogens is 1. The van der Waals surface area contributed by atoms with Crippen LogP contribution in [0.5, 0.6) is 0 Å². The van der Waals surface area contributed by atoms with Gasteiger partial charge in [0.2, 0.25) is 5.91 Å². The monoisotopic (exact) mass is 329 g/mol. The Morgan fingerprint density at radius 3 is 2.43 bits per heavy atom. The first-order valence-corrected chi connectivity index (χ1v) is 6.38. The van der Waals surface area contributed by atoms with E-state index >= 15 is 0 Å². The molecule has 1 fully saturated rings. The van der Waals surface area contributed by atoms with Crippen molar-refractivity contribution in [2.45, 2.75) is 12.2 Å². The third-order valence-electron chi connectivity index (χ3n) is 3.49. The van der Waals surface area contributed by atoms with E-state index in [0.29, 0.717) is 18.6 Å². The van der Waals surface area contributed by atoms with E-state index in [1.165, 1.54) is 17.0 Å². The van der Waals surface area contributed by atoms with E-state index < -0.39 is 28.4 Å². The fourth-order valence-electron chi connectivity index (χ4n) is 2.30. The topological polar surface area (TPSA) is 110 Å². The molecule has 0 unspecified atom stereocenters. The van der Waals surface area contributed by atoms with Crippen LogP contribution in [0, 0.1) is 10.1 Å².